The Morgan fingerprint density at radius 2 is 0.898 bits per heavy atom. The van der Waals surface area contributed by atoms with Crippen molar-refractivity contribution in [1.82, 2.24) is 4.57 Å². The summed E-state index contributed by atoms with van der Waals surface area (Å²) in [6.45, 7) is 4.71. The number of benzene rings is 9. The van der Waals surface area contributed by atoms with Crippen LogP contribution in [0.2, 0.25) is 0 Å². The maximum absolute atomic E-state index is 2.46. The van der Waals surface area contributed by atoms with Crippen LogP contribution in [0, 0.1) is 0 Å². The smallest absolute Gasteiger partial charge is 0.0541 e. The SMILES string of the molecule is CC1(C)c2ccccc2-c2c(-c3ccccc3N(c3ccc(-c4cccc(-n5c6ccccc6c6ccccc65)c4)cc3)c3ccccc3-c3ccccc3)cccc21. The van der Waals surface area contributed by atoms with Crippen LogP contribution in [0.15, 0.2) is 218 Å². The first-order valence-electron chi connectivity index (χ1n) is 20.5. The minimum Gasteiger partial charge on any atom is -0.309 e. The second kappa shape index (κ2) is 13.9. The lowest BCUT2D eigenvalue weighted by molar-refractivity contribution is 0.660. The molecule has 10 aromatic rings. The predicted octanol–water partition coefficient (Wildman–Crippen LogP) is 15.6. The summed E-state index contributed by atoms with van der Waals surface area (Å²) in [5.41, 5.74) is 19.4. The fourth-order valence-corrected chi connectivity index (χ4v) is 9.64. The molecule has 0 unspecified atom stereocenters. The maximum atomic E-state index is 2.46. The van der Waals surface area contributed by atoms with Crippen LogP contribution in [-0.2, 0) is 5.41 Å². The van der Waals surface area contributed by atoms with E-state index in [2.05, 4.69) is 242 Å². The summed E-state index contributed by atoms with van der Waals surface area (Å²) >= 11 is 0. The van der Waals surface area contributed by atoms with Crippen molar-refractivity contribution < 1.29 is 0 Å². The Kier molecular flexibility index (Phi) is 8.20. The van der Waals surface area contributed by atoms with Gasteiger partial charge in [-0.2, -0.15) is 0 Å². The lowest BCUT2D eigenvalue weighted by atomic mass is 9.82. The standard InChI is InChI=1S/C57H42N2/c1-57(2)50-28-11-6-26-49(50)56-48(27-17-29-51(56)57)47-25-10-15-33-55(47)58(52-30-12-7-22-44(52)40-18-4-3-5-19-40)42-36-34-39(35-37-42)41-20-16-21-43(38-41)59-53-31-13-8-23-45(53)46-24-9-14-32-54(46)59/h3-38H,1-2H3. The average molecular weight is 755 g/mol. The second-order valence-corrected chi connectivity index (χ2v) is 16.1. The van der Waals surface area contributed by atoms with Crippen molar-refractivity contribution in [2.45, 2.75) is 19.3 Å². The van der Waals surface area contributed by atoms with Crippen molar-refractivity contribution in [3.8, 4) is 50.2 Å². The molecule has 0 saturated heterocycles. The first-order valence-corrected chi connectivity index (χ1v) is 20.5. The Morgan fingerprint density at radius 1 is 0.373 bits per heavy atom. The average Bonchev–Trinajstić information content (AvgIpc) is 3.76. The van der Waals surface area contributed by atoms with Gasteiger partial charge in [-0.05, 0) is 93.0 Å². The van der Waals surface area contributed by atoms with Crippen LogP contribution in [0.25, 0.3) is 72.0 Å². The van der Waals surface area contributed by atoms with Crippen LogP contribution in [0.4, 0.5) is 17.1 Å². The van der Waals surface area contributed by atoms with E-state index in [0.717, 1.165) is 22.7 Å². The van der Waals surface area contributed by atoms with Gasteiger partial charge < -0.3 is 9.47 Å². The number of aromatic nitrogens is 1. The van der Waals surface area contributed by atoms with Gasteiger partial charge >= 0.3 is 0 Å². The maximum Gasteiger partial charge on any atom is 0.0541 e. The lowest BCUT2D eigenvalue weighted by Gasteiger charge is -2.30. The third-order valence-corrected chi connectivity index (χ3v) is 12.4. The minimum atomic E-state index is -0.0921. The predicted molar refractivity (Wildman–Crippen MR) is 249 cm³/mol. The monoisotopic (exact) mass is 754 g/mol. The first-order chi connectivity index (χ1) is 29.1. The molecule has 280 valence electrons. The molecule has 0 aliphatic heterocycles. The van der Waals surface area contributed by atoms with Crippen molar-refractivity contribution in [3.05, 3.63) is 230 Å². The zero-order chi connectivity index (χ0) is 39.5. The van der Waals surface area contributed by atoms with E-state index in [1.54, 1.807) is 0 Å². The van der Waals surface area contributed by atoms with Gasteiger partial charge in [0.1, 0.15) is 0 Å². The molecule has 0 spiro atoms. The molecule has 0 radical (unpaired) electrons. The van der Waals surface area contributed by atoms with Gasteiger partial charge in [0.15, 0.2) is 0 Å². The van der Waals surface area contributed by atoms with Crippen molar-refractivity contribution >= 4 is 38.9 Å². The molecule has 1 aliphatic carbocycles. The Morgan fingerprint density at radius 3 is 1.63 bits per heavy atom. The normalized spacial score (nSPS) is 12.7. The van der Waals surface area contributed by atoms with Crippen LogP contribution in [0.3, 0.4) is 0 Å². The van der Waals surface area contributed by atoms with Crippen LogP contribution >= 0.6 is 0 Å². The van der Waals surface area contributed by atoms with Crippen LogP contribution < -0.4 is 4.90 Å². The Bertz CT molecular complexity index is 3130. The van der Waals surface area contributed by atoms with Gasteiger partial charge in [-0.25, -0.2) is 0 Å². The highest BCUT2D eigenvalue weighted by molar-refractivity contribution is 6.09. The van der Waals surface area contributed by atoms with Crippen molar-refractivity contribution in [1.29, 1.82) is 0 Å². The van der Waals surface area contributed by atoms with E-state index < -0.39 is 0 Å². The summed E-state index contributed by atoms with van der Waals surface area (Å²) in [5, 5.41) is 2.53. The first kappa shape index (κ1) is 34.8. The molecule has 1 aromatic heterocycles. The molecule has 2 nitrogen and oxygen atoms in total. The van der Waals surface area contributed by atoms with Gasteiger partial charge in [0.25, 0.3) is 0 Å². The molecule has 9 aromatic carbocycles. The van der Waals surface area contributed by atoms with E-state index in [1.807, 2.05) is 0 Å². The Balaban J connectivity index is 1.07. The Hall–Kier alpha value is -7.42. The fraction of sp³-hybridized carbons (Fsp3) is 0.0526. The molecule has 0 bridgehead atoms. The second-order valence-electron chi connectivity index (χ2n) is 16.1. The van der Waals surface area contributed by atoms with Gasteiger partial charge in [0, 0.05) is 38.7 Å². The number of fused-ring (bicyclic) bond motifs is 6. The quantitative estimate of drug-likeness (QED) is 0.157. The number of nitrogens with zero attached hydrogens (tertiary/aromatic N) is 2. The molecule has 0 atom stereocenters. The van der Waals surface area contributed by atoms with E-state index in [1.165, 1.54) is 77.4 Å². The highest BCUT2D eigenvalue weighted by atomic mass is 15.1. The molecule has 1 heterocycles. The molecule has 0 amide bonds. The molecule has 0 N–H and O–H groups in total. The lowest BCUT2D eigenvalue weighted by Crippen LogP contribution is -2.15. The van der Waals surface area contributed by atoms with E-state index in [9.17, 15) is 0 Å². The topological polar surface area (TPSA) is 8.17 Å². The molecular weight excluding hydrogens is 713 g/mol. The fourth-order valence-electron chi connectivity index (χ4n) is 9.64. The van der Waals surface area contributed by atoms with Gasteiger partial charge in [-0.1, -0.05) is 184 Å². The zero-order valence-electron chi connectivity index (χ0n) is 33.2. The largest absolute Gasteiger partial charge is 0.309 e. The van der Waals surface area contributed by atoms with Crippen LogP contribution in [0.5, 0.6) is 0 Å². The van der Waals surface area contributed by atoms with Gasteiger partial charge in [-0.15, -0.1) is 0 Å². The molecule has 2 heteroatoms. The van der Waals surface area contributed by atoms with E-state index in [4.69, 9.17) is 0 Å². The third-order valence-electron chi connectivity index (χ3n) is 12.4. The highest BCUT2D eigenvalue weighted by Gasteiger charge is 2.37. The van der Waals surface area contributed by atoms with E-state index in [-0.39, 0.29) is 5.41 Å². The molecule has 1 aliphatic rings. The molecule has 0 saturated carbocycles. The Labute approximate surface area is 345 Å². The van der Waals surface area contributed by atoms with E-state index >= 15 is 0 Å². The number of para-hydroxylation sites is 4. The summed E-state index contributed by atoms with van der Waals surface area (Å²) in [5.74, 6) is 0. The molecule has 59 heavy (non-hydrogen) atoms. The number of hydrogen-bond donors (Lipinski definition) is 0. The van der Waals surface area contributed by atoms with Crippen LogP contribution in [-0.4, -0.2) is 4.57 Å². The summed E-state index contributed by atoms with van der Waals surface area (Å²) in [7, 11) is 0. The van der Waals surface area contributed by atoms with Gasteiger partial charge in [0.2, 0.25) is 0 Å². The highest BCUT2D eigenvalue weighted by Crippen LogP contribution is 2.54. The van der Waals surface area contributed by atoms with Crippen molar-refractivity contribution in [2.24, 2.45) is 0 Å². The minimum absolute atomic E-state index is 0.0921. The summed E-state index contributed by atoms with van der Waals surface area (Å²) in [6.07, 6.45) is 0. The summed E-state index contributed by atoms with van der Waals surface area (Å²) in [6, 6.07) is 79.8. The van der Waals surface area contributed by atoms with Crippen LogP contribution in [0.1, 0.15) is 25.0 Å². The van der Waals surface area contributed by atoms with E-state index in [0.29, 0.717) is 0 Å². The number of rotatable bonds is 7. The summed E-state index contributed by atoms with van der Waals surface area (Å²) in [4.78, 5) is 2.46. The van der Waals surface area contributed by atoms with Crippen molar-refractivity contribution in [2.75, 3.05) is 4.90 Å². The molecule has 11 rings (SSSR count). The summed E-state index contributed by atoms with van der Waals surface area (Å²) < 4.78 is 2.39. The number of hydrogen-bond acceptors (Lipinski definition) is 1. The molecule has 0 fully saturated rings. The molecular formula is C57H42N2. The third kappa shape index (κ3) is 5.63. The van der Waals surface area contributed by atoms with Crippen molar-refractivity contribution in [3.63, 3.8) is 0 Å². The number of anilines is 3. The van der Waals surface area contributed by atoms with Gasteiger partial charge in [-0.3, -0.25) is 0 Å². The van der Waals surface area contributed by atoms with Gasteiger partial charge in [0.05, 0.1) is 22.4 Å². The zero-order valence-corrected chi connectivity index (χ0v) is 33.2.